The van der Waals surface area contributed by atoms with Crippen molar-refractivity contribution in [1.82, 2.24) is 19.7 Å². The van der Waals surface area contributed by atoms with Crippen LogP contribution in [0.3, 0.4) is 0 Å². The molecule has 1 aromatic carbocycles. The first-order valence-electron chi connectivity index (χ1n) is 9.94. The van der Waals surface area contributed by atoms with E-state index in [1.165, 1.54) is 6.20 Å². The Kier molecular flexibility index (Phi) is 5.86. The van der Waals surface area contributed by atoms with Crippen molar-refractivity contribution in [3.05, 3.63) is 114 Å². The van der Waals surface area contributed by atoms with E-state index in [0.29, 0.717) is 16.7 Å². The molecule has 4 rings (SSSR count). The summed E-state index contributed by atoms with van der Waals surface area (Å²) >= 11 is 0. The second-order valence-electron chi connectivity index (χ2n) is 6.99. The lowest BCUT2D eigenvalue weighted by molar-refractivity contribution is 0.0328. The van der Waals surface area contributed by atoms with Crippen LogP contribution in [0.15, 0.2) is 91.8 Å². The molecule has 0 spiro atoms. The van der Waals surface area contributed by atoms with Crippen molar-refractivity contribution >= 4 is 5.97 Å². The van der Waals surface area contributed by atoms with Crippen LogP contribution in [0.1, 0.15) is 40.0 Å². The minimum Gasteiger partial charge on any atom is -0.462 e. The van der Waals surface area contributed by atoms with E-state index in [1.54, 1.807) is 54.7 Å². The van der Waals surface area contributed by atoms with Gasteiger partial charge in [0, 0.05) is 42.1 Å². The number of aromatic nitrogens is 4. The number of aliphatic hydroxyl groups is 1. The Hall–Kier alpha value is -3.84. The van der Waals surface area contributed by atoms with Crippen LogP contribution in [-0.2, 0) is 10.3 Å². The van der Waals surface area contributed by atoms with Crippen molar-refractivity contribution in [2.45, 2.75) is 18.6 Å². The number of pyridine rings is 2. The zero-order valence-corrected chi connectivity index (χ0v) is 17.0. The summed E-state index contributed by atoms with van der Waals surface area (Å²) in [5, 5.41) is 16.7. The molecule has 7 heteroatoms. The first-order chi connectivity index (χ1) is 15.1. The van der Waals surface area contributed by atoms with Crippen molar-refractivity contribution in [1.29, 1.82) is 0 Å². The van der Waals surface area contributed by atoms with E-state index in [9.17, 15) is 9.90 Å². The van der Waals surface area contributed by atoms with E-state index in [1.807, 2.05) is 42.5 Å². The van der Waals surface area contributed by atoms with Gasteiger partial charge in [-0.15, -0.1) is 0 Å². The predicted octanol–water partition coefficient (Wildman–Crippen LogP) is 3.38. The van der Waals surface area contributed by atoms with Gasteiger partial charge in [-0.05, 0) is 24.6 Å². The zero-order chi connectivity index (χ0) is 21.7. The highest BCUT2D eigenvalue weighted by molar-refractivity contribution is 5.88. The molecule has 0 aliphatic carbocycles. The van der Waals surface area contributed by atoms with Gasteiger partial charge in [-0.3, -0.25) is 14.6 Å². The van der Waals surface area contributed by atoms with Crippen LogP contribution in [0.25, 0.3) is 0 Å². The molecule has 0 bridgehead atoms. The fraction of sp³-hybridized carbons (Fsp3) is 0.167. The van der Waals surface area contributed by atoms with Crippen LogP contribution in [0.2, 0.25) is 0 Å². The number of hydrogen-bond acceptors (Lipinski definition) is 6. The van der Waals surface area contributed by atoms with Crippen molar-refractivity contribution in [3.8, 4) is 0 Å². The molecule has 0 saturated heterocycles. The Labute approximate surface area is 180 Å². The molecule has 3 heterocycles. The fourth-order valence-corrected chi connectivity index (χ4v) is 3.68. The number of ether oxygens (including phenoxy) is 1. The fourth-order valence-electron chi connectivity index (χ4n) is 3.68. The van der Waals surface area contributed by atoms with Crippen LogP contribution in [0.4, 0.5) is 0 Å². The minimum absolute atomic E-state index is 0.265. The van der Waals surface area contributed by atoms with Crippen molar-refractivity contribution in [2.75, 3.05) is 6.61 Å². The summed E-state index contributed by atoms with van der Waals surface area (Å²) in [6.07, 6.45) is 9.58. The maximum atomic E-state index is 12.3. The minimum atomic E-state index is -1.57. The third-order valence-corrected chi connectivity index (χ3v) is 5.09. The maximum absolute atomic E-state index is 12.3. The Morgan fingerprint density at radius 3 is 2.19 bits per heavy atom. The van der Waals surface area contributed by atoms with E-state index in [2.05, 4.69) is 15.1 Å². The van der Waals surface area contributed by atoms with E-state index in [0.717, 1.165) is 5.56 Å². The highest BCUT2D eigenvalue weighted by Gasteiger charge is 2.43. The van der Waals surface area contributed by atoms with Gasteiger partial charge in [-0.1, -0.05) is 42.5 Å². The first-order valence-corrected chi connectivity index (χ1v) is 9.94. The molecule has 156 valence electrons. The summed E-state index contributed by atoms with van der Waals surface area (Å²) in [6, 6.07) is 16.0. The summed E-state index contributed by atoms with van der Waals surface area (Å²) in [5.41, 5.74) is 0.691. The van der Waals surface area contributed by atoms with Crippen molar-refractivity contribution in [3.63, 3.8) is 0 Å². The number of rotatable bonds is 7. The summed E-state index contributed by atoms with van der Waals surface area (Å²) in [4.78, 5) is 20.7. The molecule has 0 saturated carbocycles. The van der Waals surface area contributed by atoms with Crippen LogP contribution in [0, 0.1) is 0 Å². The van der Waals surface area contributed by atoms with Gasteiger partial charge in [0.1, 0.15) is 11.6 Å². The molecular weight excluding hydrogens is 392 g/mol. The molecule has 0 radical (unpaired) electrons. The van der Waals surface area contributed by atoms with Crippen LogP contribution >= 0.6 is 0 Å². The lowest BCUT2D eigenvalue weighted by Gasteiger charge is -2.37. The number of benzene rings is 1. The summed E-state index contributed by atoms with van der Waals surface area (Å²) in [5.74, 6) is -0.466. The average molecular weight is 414 g/mol. The second-order valence-corrected chi connectivity index (χ2v) is 6.99. The number of esters is 1. The molecule has 1 unspecified atom stereocenters. The lowest BCUT2D eigenvalue weighted by atomic mass is 9.78. The molecule has 31 heavy (non-hydrogen) atoms. The van der Waals surface area contributed by atoms with E-state index >= 15 is 0 Å². The van der Waals surface area contributed by atoms with E-state index in [-0.39, 0.29) is 6.61 Å². The van der Waals surface area contributed by atoms with Gasteiger partial charge in [0.25, 0.3) is 0 Å². The van der Waals surface area contributed by atoms with Crippen LogP contribution in [0.5, 0.6) is 0 Å². The standard InChI is InChI=1S/C24H22N4O3/c1-2-31-23(29)19-14-27-28(17-19)22(18-8-4-3-5-9-18)24(30,20-10-6-12-25-15-20)21-11-7-13-26-16-21/h3-17,22,30H,2H2,1H3. The Morgan fingerprint density at radius 2 is 1.65 bits per heavy atom. The molecule has 3 aromatic heterocycles. The van der Waals surface area contributed by atoms with Crippen LogP contribution in [-0.4, -0.2) is 37.4 Å². The average Bonchev–Trinajstić information content (AvgIpc) is 3.31. The number of carbonyl (C=O) groups is 1. The van der Waals surface area contributed by atoms with Gasteiger partial charge in [0.2, 0.25) is 0 Å². The number of carbonyl (C=O) groups excluding carboxylic acids is 1. The molecule has 0 amide bonds. The highest BCUT2D eigenvalue weighted by atomic mass is 16.5. The Balaban J connectivity index is 1.94. The van der Waals surface area contributed by atoms with Crippen LogP contribution < -0.4 is 0 Å². The van der Waals surface area contributed by atoms with Crippen molar-refractivity contribution in [2.24, 2.45) is 0 Å². The molecule has 0 aliphatic heterocycles. The molecule has 7 nitrogen and oxygen atoms in total. The van der Waals surface area contributed by atoms with Gasteiger partial charge >= 0.3 is 5.97 Å². The Morgan fingerprint density at radius 1 is 1.00 bits per heavy atom. The monoisotopic (exact) mass is 414 g/mol. The van der Waals surface area contributed by atoms with Crippen molar-refractivity contribution < 1.29 is 14.6 Å². The molecule has 4 aromatic rings. The largest absolute Gasteiger partial charge is 0.462 e. The van der Waals surface area contributed by atoms with Gasteiger partial charge in [-0.2, -0.15) is 5.10 Å². The lowest BCUT2D eigenvalue weighted by Crippen LogP contribution is -2.39. The molecular formula is C24H22N4O3. The molecule has 0 aliphatic rings. The summed E-state index contributed by atoms with van der Waals surface area (Å²) < 4.78 is 6.69. The highest BCUT2D eigenvalue weighted by Crippen LogP contribution is 2.42. The van der Waals surface area contributed by atoms with Gasteiger partial charge in [-0.25, -0.2) is 4.79 Å². The first kappa shape index (κ1) is 20.4. The molecule has 1 atom stereocenters. The van der Waals surface area contributed by atoms with E-state index in [4.69, 9.17) is 4.74 Å². The van der Waals surface area contributed by atoms with Gasteiger partial charge in [0.15, 0.2) is 0 Å². The SMILES string of the molecule is CCOC(=O)c1cnn(C(c2ccccc2)C(O)(c2cccnc2)c2cccnc2)c1. The van der Waals surface area contributed by atoms with Gasteiger partial charge in [0.05, 0.1) is 18.4 Å². The predicted molar refractivity (Wildman–Crippen MR) is 114 cm³/mol. The normalized spacial score (nSPS) is 12.3. The maximum Gasteiger partial charge on any atom is 0.341 e. The topological polar surface area (TPSA) is 90.1 Å². The second kappa shape index (κ2) is 8.89. The molecule has 0 fully saturated rings. The summed E-state index contributed by atoms with van der Waals surface area (Å²) in [7, 11) is 0. The number of hydrogen-bond donors (Lipinski definition) is 1. The quantitative estimate of drug-likeness (QED) is 0.466. The van der Waals surface area contributed by atoms with E-state index < -0.39 is 17.6 Å². The third kappa shape index (κ3) is 3.95. The number of nitrogens with zero attached hydrogens (tertiary/aromatic N) is 4. The summed E-state index contributed by atoms with van der Waals surface area (Å²) in [6.45, 7) is 2.01. The smallest absolute Gasteiger partial charge is 0.341 e. The molecule has 1 N–H and O–H groups in total. The third-order valence-electron chi connectivity index (χ3n) is 5.09. The van der Waals surface area contributed by atoms with Gasteiger partial charge < -0.3 is 9.84 Å². The Bertz CT molecular complexity index is 1090. The zero-order valence-electron chi connectivity index (χ0n) is 17.0.